The minimum absolute atomic E-state index is 0.122. The standard InChI is InChI=1S/C10H15NO4/c1-11-5-2-3-6(8(11)10(14)15)7(4-5)9(12)13/h5-8H,2-4H2,1H3,(H,12,13)(H,14,15). The maximum atomic E-state index is 11.1. The van der Waals surface area contributed by atoms with Gasteiger partial charge in [-0.05, 0) is 32.2 Å². The second kappa shape index (κ2) is 3.48. The van der Waals surface area contributed by atoms with Crippen LogP contribution in [0.1, 0.15) is 19.3 Å². The molecule has 1 aliphatic carbocycles. The van der Waals surface area contributed by atoms with E-state index >= 15 is 0 Å². The molecule has 5 heteroatoms. The number of carboxylic acids is 2. The van der Waals surface area contributed by atoms with Crippen molar-refractivity contribution in [1.82, 2.24) is 4.90 Å². The van der Waals surface area contributed by atoms with E-state index in [1.807, 2.05) is 4.90 Å². The van der Waals surface area contributed by atoms with Crippen molar-refractivity contribution in [3.8, 4) is 0 Å². The molecule has 0 aromatic heterocycles. The van der Waals surface area contributed by atoms with Crippen LogP contribution < -0.4 is 0 Å². The van der Waals surface area contributed by atoms with E-state index < -0.39 is 23.9 Å². The van der Waals surface area contributed by atoms with E-state index in [0.29, 0.717) is 6.42 Å². The van der Waals surface area contributed by atoms with Crippen LogP contribution in [0.2, 0.25) is 0 Å². The summed E-state index contributed by atoms with van der Waals surface area (Å²) in [5.74, 6) is -2.43. The van der Waals surface area contributed by atoms with Crippen LogP contribution in [0.25, 0.3) is 0 Å². The molecule has 2 bridgehead atoms. The van der Waals surface area contributed by atoms with Crippen molar-refractivity contribution in [2.75, 3.05) is 7.05 Å². The first kappa shape index (κ1) is 10.4. The molecular weight excluding hydrogens is 198 g/mol. The van der Waals surface area contributed by atoms with E-state index in [0.717, 1.165) is 12.8 Å². The Morgan fingerprint density at radius 1 is 1.20 bits per heavy atom. The summed E-state index contributed by atoms with van der Waals surface area (Å²) in [5.41, 5.74) is 0. The van der Waals surface area contributed by atoms with Crippen LogP contribution in [-0.4, -0.2) is 46.2 Å². The quantitative estimate of drug-likeness (QED) is 0.687. The zero-order valence-electron chi connectivity index (χ0n) is 8.59. The minimum Gasteiger partial charge on any atom is -0.481 e. The van der Waals surface area contributed by atoms with E-state index in [1.54, 1.807) is 7.05 Å². The van der Waals surface area contributed by atoms with Crippen molar-refractivity contribution >= 4 is 11.9 Å². The Morgan fingerprint density at radius 3 is 2.40 bits per heavy atom. The normalized spacial score (nSPS) is 40.3. The lowest BCUT2D eigenvalue weighted by Crippen LogP contribution is -2.61. The van der Waals surface area contributed by atoms with Crippen molar-refractivity contribution < 1.29 is 19.8 Å². The Kier molecular flexibility index (Phi) is 2.42. The molecule has 0 radical (unpaired) electrons. The third-order valence-electron chi connectivity index (χ3n) is 3.87. The van der Waals surface area contributed by atoms with Crippen LogP contribution in [0.4, 0.5) is 0 Å². The number of hydrogen-bond donors (Lipinski definition) is 2. The molecule has 0 aromatic carbocycles. The van der Waals surface area contributed by atoms with Gasteiger partial charge in [0.2, 0.25) is 0 Å². The molecule has 0 spiro atoms. The van der Waals surface area contributed by atoms with Crippen molar-refractivity contribution in [2.24, 2.45) is 11.8 Å². The van der Waals surface area contributed by atoms with Gasteiger partial charge in [0.15, 0.2) is 0 Å². The summed E-state index contributed by atoms with van der Waals surface area (Å²) in [6, 6.07) is -0.490. The Hall–Kier alpha value is -1.10. The Labute approximate surface area is 87.7 Å². The van der Waals surface area contributed by atoms with Gasteiger partial charge in [0.05, 0.1) is 5.92 Å². The molecule has 3 fully saturated rings. The number of hydrogen-bond acceptors (Lipinski definition) is 3. The van der Waals surface area contributed by atoms with E-state index in [1.165, 1.54) is 0 Å². The van der Waals surface area contributed by atoms with Gasteiger partial charge >= 0.3 is 11.9 Å². The lowest BCUT2D eigenvalue weighted by Gasteiger charge is -2.50. The topological polar surface area (TPSA) is 77.8 Å². The van der Waals surface area contributed by atoms with E-state index in [2.05, 4.69) is 0 Å². The predicted octanol–water partition coefficient (Wildman–Crippen LogP) is 0.254. The first-order valence-electron chi connectivity index (χ1n) is 5.20. The van der Waals surface area contributed by atoms with Crippen LogP contribution in [0.15, 0.2) is 0 Å². The SMILES string of the molecule is CN1C2CCC(C(C(=O)O)C2)C1C(=O)O. The second-order valence-electron chi connectivity index (χ2n) is 4.52. The number of nitrogens with zero attached hydrogens (tertiary/aromatic N) is 1. The van der Waals surface area contributed by atoms with Crippen LogP contribution in [-0.2, 0) is 9.59 Å². The zero-order valence-corrected chi connectivity index (χ0v) is 8.59. The second-order valence-corrected chi connectivity index (χ2v) is 4.52. The van der Waals surface area contributed by atoms with Crippen LogP contribution in [0.5, 0.6) is 0 Å². The van der Waals surface area contributed by atoms with Gasteiger partial charge in [-0.2, -0.15) is 0 Å². The molecular formula is C10H15NO4. The summed E-state index contributed by atoms with van der Waals surface area (Å²) in [5, 5.41) is 18.1. The molecule has 84 valence electrons. The highest BCUT2D eigenvalue weighted by atomic mass is 16.4. The monoisotopic (exact) mass is 213 g/mol. The summed E-state index contributed by atoms with van der Waals surface area (Å²) in [6.07, 6.45) is 2.25. The molecule has 1 saturated carbocycles. The largest absolute Gasteiger partial charge is 0.481 e. The third kappa shape index (κ3) is 1.51. The number of carboxylic acid groups (broad SMARTS) is 2. The van der Waals surface area contributed by atoms with Crippen LogP contribution >= 0.6 is 0 Å². The highest BCUT2D eigenvalue weighted by molar-refractivity contribution is 5.78. The molecule has 2 heterocycles. The Balaban J connectivity index is 2.26. The summed E-state index contributed by atoms with van der Waals surface area (Å²) < 4.78 is 0. The number of fused-ring (bicyclic) bond motifs is 3. The smallest absolute Gasteiger partial charge is 0.321 e. The number of rotatable bonds is 2. The zero-order chi connectivity index (χ0) is 11.2. The Morgan fingerprint density at radius 2 is 1.87 bits per heavy atom. The maximum absolute atomic E-state index is 11.1. The van der Waals surface area contributed by atoms with Crippen molar-refractivity contribution in [3.63, 3.8) is 0 Å². The van der Waals surface area contributed by atoms with Gasteiger partial charge in [-0.15, -0.1) is 0 Å². The molecule has 2 aliphatic heterocycles. The molecule has 3 rings (SSSR count). The van der Waals surface area contributed by atoms with Gasteiger partial charge in [-0.3, -0.25) is 14.5 Å². The molecule has 3 aliphatic rings. The highest BCUT2D eigenvalue weighted by Gasteiger charge is 2.51. The lowest BCUT2D eigenvalue weighted by atomic mass is 9.68. The van der Waals surface area contributed by atoms with Gasteiger partial charge < -0.3 is 10.2 Å². The summed E-state index contributed by atoms with van der Waals surface area (Å²) >= 11 is 0. The van der Waals surface area contributed by atoms with Gasteiger partial charge in [0.25, 0.3) is 0 Å². The summed E-state index contributed by atoms with van der Waals surface area (Å²) in [4.78, 5) is 23.9. The van der Waals surface area contributed by atoms with Gasteiger partial charge in [-0.25, -0.2) is 0 Å². The predicted molar refractivity (Wildman–Crippen MR) is 51.4 cm³/mol. The molecule has 2 saturated heterocycles. The first-order chi connectivity index (χ1) is 7.02. The van der Waals surface area contributed by atoms with Gasteiger partial charge in [0, 0.05) is 6.04 Å². The molecule has 0 aromatic rings. The lowest BCUT2D eigenvalue weighted by molar-refractivity contribution is -0.163. The average Bonchev–Trinajstić information content (AvgIpc) is 2.17. The molecule has 15 heavy (non-hydrogen) atoms. The van der Waals surface area contributed by atoms with E-state index in [4.69, 9.17) is 10.2 Å². The van der Waals surface area contributed by atoms with Crippen LogP contribution in [0, 0.1) is 11.8 Å². The van der Waals surface area contributed by atoms with E-state index in [9.17, 15) is 9.59 Å². The fraction of sp³-hybridized carbons (Fsp3) is 0.800. The van der Waals surface area contributed by atoms with Crippen molar-refractivity contribution in [1.29, 1.82) is 0 Å². The van der Waals surface area contributed by atoms with Gasteiger partial charge in [0.1, 0.15) is 6.04 Å². The van der Waals surface area contributed by atoms with E-state index in [-0.39, 0.29) is 12.0 Å². The summed E-state index contributed by atoms with van der Waals surface area (Å²) in [6.45, 7) is 0. The highest BCUT2D eigenvalue weighted by Crippen LogP contribution is 2.42. The fourth-order valence-electron chi connectivity index (χ4n) is 3.09. The minimum atomic E-state index is -0.891. The molecule has 5 nitrogen and oxygen atoms in total. The number of likely N-dealkylation sites (N-methyl/N-ethyl adjacent to an activating group) is 1. The van der Waals surface area contributed by atoms with Crippen LogP contribution in [0.3, 0.4) is 0 Å². The van der Waals surface area contributed by atoms with Crippen molar-refractivity contribution in [2.45, 2.75) is 31.3 Å². The summed E-state index contributed by atoms with van der Waals surface area (Å²) in [7, 11) is 1.79. The van der Waals surface area contributed by atoms with Gasteiger partial charge in [-0.1, -0.05) is 0 Å². The Bertz CT molecular complexity index is 304. The molecule has 2 N–H and O–H groups in total. The maximum Gasteiger partial charge on any atom is 0.321 e. The third-order valence-corrected chi connectivity index (χ3v) is 3.87. The molecule has 0 amide bonds. The average molecular weight is 213 g/mol. The first-order valence-corrected chi connectivity index (χ1v) is 5.20. The fourth-order valence-corrected chi connectivity index (χ4v) is 3.09. The number of carbonyl (C=O) groups is 2. The number of piperidine rings is 2. The van der Waals surface area contributed by atoms with Crippen molar-refractivity contribution in [3.05, 3.63) is 0 Å². The number of aliphatic carboxylic acids is 2. The molecule has 4 atom stereocenters. The molecule has 4 unspecified atom stereocenters.